The molecule has 1 unspecified atom stereocenters. The summed E-state index contributed by atoms with van der Waals surface area (Å²) in [7, 11) is 0. The normalized spacial score (nSPS) is 30.7. The number of hydrogen-bond donors (Lipinski definition) is 0. The molecule has 1 atom stereocenters. The van der Waals surface area contributed by atoms with Gasteiger partial charge in [-0.3, -0.25) is 0 Å². The van der Waals surface area contributed by atoms with Gasteiger partial charge in [0.25, 0.3) is 0 Å². The maximum absolute atomic E-state index is 5.57. The molecule has 0 N–H and O–H groups in total. The monoisotopic (exact) mass is 140 g/mol. The van der Waals surface area contributed by atoms with E-state index in [0.717, 1.165) is 5.76 Å². The van der Waals surface area contributed by atoms with Gasteiger partial charge >= 0.3 is 0 Å². The van der Waals surface area contributed by atoms with Crippen molar-refractivity contribution in [3.63, 3.8) is 0 Å². The van der Waals surface area contributed by atoms with E-state index >= 15 is 0 Å². The first-order valence-corrected chi connectivity index (χ1v) is 3.81. The van der Waals surface area contributed by atoms with Gasteiger partial charge in [-0.15, -0.1) is 0 Å². The molecule has 0 aromatic heterocycles. The summed E-state index contributed by atoms with van der Waals surface area (Å²) >= 11 is 0. The molecule has 0 saturated heterocycles. The zero-order valence-corrected chi connectivity index (χ0v) is 7.49. The summed E-state index contributed by atoms with van der Waals surface area (Å²) in [5.41, 5.74) is 1.63. The van der Waals surface area contributed by atoms with Crippen LogP contribution in [0.3, 0.4) is 0 Å². The first-order valence-electron chi connectivity index (χ1n) is 3.81. The maximum atomic E-state index is 5.57. The molecule has 10 heavy (non-hydrogen) atoms. The summed E-state index contributed by atoms with van der Waals surface area (Å²) in [6.45, 7) is 10.8. The highest BCUT2D eigenvalue weighted by Crippen LogP contribution is 2.40. The van der Waals surface area contributed by atoms with Crippen molar-refractivity contribution in [1.82, 2.24) is 0 Å². The van der Waals surface area contributed by atoms with E-state index < -0.39 is 0 Å². The van der Waals surface area contributed by atoms with Gasteiger partial charge in [-0.1, -0.05) is 13.8 Å². The van der Waals surface area contributed by atoms with Crippen LogP contribution in [0.2, 0.25) is 0 Å². The Hall–Kier alpha value is -0.460. The van der Waals surface area contributed by atoms with Crippen LogP contribution in [-0.4, -0.2) is 6.10 Å². The Morgan fingerprint density at radius 3 is 1.90 bits per heavy atom. The van der Waals surface area contributed by atoms with E-state index in [0.29, 0.717) is 6.10 Å². The van der Waals surface area contributed by atoms with Gasteiger partial charge in [0.2, 0.25) is 0 Å². The zero-order chi connectivity index (χ0) is 7.94. The zero-order valence-electron chi connectivity index (χ0n) is 7.49. The van der Waals surface area contributed by atoms with Crippen molar-refractivity contribution >= 4 is 0 Å². The van der Waals surface area contributed by atoms with Crippen molar-refractivity contribution in [2.45, 2.75) is 40.7 Å². The molecule has 1 aliphatic rings. The number of ether oxygens (including phenoxy) is 1. The SMILES string of the molecule is CC1=C(C)C(C)(C)C(C)O1. The molecule has 0 amide bonds. The molecule has 0 bridgehead atoms. The molecule has 1 heterocycles. The van der Waals surface area contributed by atoms with Crippen LogP contribution in [0.1, 0.15) is 34.6 Å². The van der Waals surface area contributed by atoms with E-state index in [1.54, 1.807) is 0 Å². The summed E-state index contributed by atoms with van der Waals surface area (Å²) in [5.74, 6) is 1.11. The van der Waals surface area contributed by atoms with Crippen LogP contribution < -0.4 is 0 Å². The van der Waals surface area contributed by atoms with Crippen LogP contribution in [0.25, 0.3) is 0 Å². The first kappa shape index (κ1) is 7.64. The minimum absolute atomic E-state index is 0.240. The molecule has 0 spiro atoms. The summed E-state index contributed by atoms with van der Waals surface area (Å²) < 4.78 is 5.57. The third kappa shape index (κ3) is 0.845. The third-order valence-electron chi connectivity index (χ3n) is 2.86. The highest BCUT2D eigenvalue weighted by molar-refractivity contribution is 5.19. The summed E-state index contributed by atoms with van der Waals surface area (Å²) in [6.07, 6.45) is 0.340. The van der Waals surface area contributed by atoms with Crippen LogP contribution >= 0.6 is 0 Å². The molecule has 0 radical (unpaired) electrons. The molecular formula is C9H16O. The predicted octanol–water partition coefficient (Wildman–Crippen LogP) is 2.73. The van der Waals surface area contributed by atoms with E-state index in [-0.39, 0.29) is 5.41 Å². The number of hydrogen-bond acceptors (Lipinski definition) is 1. The van der Waals surface area contributed by atoms with Crippen LogP contribution in [-0.2, 0) is 4.74 Å². The lowest BCUT2D eigenvalue weighted by atomic mass is 9.82. The number of allylic oxidation sites excluding steroid dienone is 1. The lowest BCUT2D eigenvalue weighted by Gasteiger charge is -2.23. The largest absolute Gasteiger partial charge is 0.495 e. The van der Waals surface area contributed by atoms with E-state index in [1.165, 1.54) is 5.57 Å². The first-order chi connectivity index (χ1) is 4.46. The third-order valence-corrected chi connectivity index (χ3v) is 2.86. The average molecular weight is 140 g/mol. The van der Waals surface area contributed by atoms with Gasteiger partial charge in [0.1, 0.15) is 6.10 Å². The van der Waals surface area contributed by atoms with Gasteiger partial charge in [-0.05, 0) is 26.3 Å². The van der Waals surface area contributed by atoms with Gasteiger partial charge in [0.15, 0.2) is 0 Å². The fourth-order valence-corrected chi connectivity index (χ4v) is 1.26. The Kier molecular flexibility index (Phi) is 1.54. The second-order valence-electron chi connectivity index (χ2n) is 3.66. The summed E-state index contributed by atoms with van der Waals surface area (Å²) in [6, 6.07) is 0. The highest BCUT2D eigenvalue weighted by atomic mass is 16.5. The number of rotatable bonds is 0. The Bertz CT molecular complexity index is 177. The molecule has 0 aliphatic carbocycles. The smallest absolute Gasteiger partial charge is 0.104 e. The molecule has 1 heteroatoms. The Morgan fingerprint density at radius 2 is 1.80 bits per heavy atom. The standard InChI is InChI=1S/C9H16O/c1-6-7(2)10-8(3)9(6,4)5/h8H,1-5H3. The quantitative estimate of drug-likeness (QED) is 0.502. The second-order valence-corrected chi connectivity index (χ2v) is 3.66. The fraction of sp³-hybridized carbons (Fsp3) is 0.778. The Morgan fingerprint density at radius 1 is 1.30 bits per heavy atom. The van der Waals surface area contributed by atoms with Crippen LogP contribution in [0.15, 0.2) is 11.3 Å². The van der Waals surface area contributed by atoms with Crippen molar-refractivity contribution in [2.24, 2.45) is 5.41 Å². The molecule has 0 saturated carbocycles. The topological polar surface area (TPSA) is 9.23 Å². The molecule has 58 valence electrons. The van der Waals surface area contributed by atoms with Gasteiger partial charge in [-0.25, -0.2) is 0 Å². The Balaban J connectivity index is 2.94. The van der Waals surface area contributed by atoms with Gasteiger partial charge in [0, 0.05) is 5.41 Å². The van der Waals surface area contributed by atoms with Crippen molar-refractivity contribution in [2.75, 3.05) is 0 Å². The Labute approximate surface area is 63.1 Å². The van der Waals surface area contributed by atoms with E-state index in [2.05, 4.69) is 27.7 Å². The van der Waals surface area contributed by atoms with Gasteiger partial charge in [0.05, 0.1) is 5.76 Å². The molecule has 1 aliphatic heterocycles. The summed E-state index contributed by atoms with van der Waals surface area (Å²) in [4.78, 5) is 0. The van der Waals surface area contributed by atoms with Crippen LogP contribution in [0.5, 0.6) is 0 Å². The summed E-state index contributed by atoms with van der Waals surface area (Å²) in [5, 5.41) is 0. The molecule has 0 aromatic carbocycles. The predicted molar refractivity (Wildman–Crippen MR) is 42.7 cm³/mol. The van der Waals surface area contributed by atoms with Gasteiger partial charge in [-0.2, -0.15) is 0 Å². The second kappa shape index (κ2) is 2.01. The van der Waals surface area contributed by atoms with Crippen molar-refractivity contribution in [1.29, 1.82) is 0 Å². The van der Waals surface area contributed by atoms with Crippen LogP contribution in [0, 0.1) is 5.41 Å². The molecule has 0 fully saturated rings. The van der Waals surface area contributed by atoms with Crippen LogP contribution in [0.4, 0.5) is 0 Å². The van der Waals surface area contributed by atoms with E-state index in [4.69, 9.17) is 4.74 Å². The molecule has 1 rings (SSSR count). The lowest BCUT2D eigenvalue weighted by molar-refractivity contribution is 0.0938. The highest BCUT2D eigenvalue weighted by Gasteiger charge is 2.36. The van der Waals surface area contributed by atoms with E-state index in [9.17, 15) is 0 Å². The lowest BCUT2D eigenvalue weighted by Crippen LogP contribution is -2.23. The molecule has 0 aromatic rings. The van der Waals surface area contributed by atoms with Crippen molar-refractivity contribution < 1.29 is 4.74 Å². The van der Waals surface area contributed by atoms with Crippen molar-refractivity contribution in [3.05, 3.63) is 11.3 Å². The maximum Gasteiger partial charge on any atom is 0.104 e. The van der Waals surface area contributed by atoms with Gasteiger partial charge < -0.3 is 4.74 Å². The van der Waals surface area contributed by atoms with Crippen molar-refractivity contribution in [3.8, 4) is 0 Å². The fourth-order valence-electron chi connectivity index (χ4n) is 1.26. The average Bonchev–Trinajstić information content (AvgIpc) is 1.97. The molecular weight excluding hydrogens is 124 g/mol. The van der Waals surface area contributed by atoms with E-state index in [1.807, 2.05) is 6.92 Å². The molecule has 1 nitrogen and oxygen atoms in total. The minimum Gasteiger partial charge on any atom is -0.495 e. The minimum atomic E-state index is 0.240.